The third kappa shape index (κ3) is 5.08. The number of hydrogen-bond donors (Lipinski definition) is 2. The van der Waals surface area contributed by atoms with Crippen LogP contribution >= 0.6 is 11.8 Å². The number of alkyl halides is 3. The minimum Gasteiger partial charge on any atom is -0.368 e. The highest BCUT2D eigenvalue weighted by molar-refractivity contribution is 7.98. The summed E-state index contributed by atoms with van der Waals surface area (Å²) in [6.07, 6.45) is 2.17. The molecule has 2 N–H and O–H groups in total. The number of rotatable bonds is 7. The molecule has 0 aliphatic heterocycles. The van der Waals surface area contributed by atoms with Gasteiger partial charge in [0.25, 0.3) is 5.91 Å². The molecule has 0 atom stereocenters. The van der Waals surface area contributed by atoms with Crippen molar-refractivity contribution in [2.45, 2.75) is 11.3 Å². The van der Waals surface area contributed by atoms with Gasteiger partial charge in [0.15, 0.2) is 5.16 Å². The maximum atomic E-state index is 13.0. The zero-order valence-corrected chi connectivity index (χ0v) is 16.2. The number of thioether (sulfide) groups is 1. The van der Waals surface area contributed by atoms with E-state index in [2.05, 4.69) is 20.6 Å². The minimum atomic E-state index is -4.50. The van der Waals surface area contributed by atoms with Gasteiger partial charge in [-0.2, -0.15) is 13.2 Å². The molecular weight excluding hydrogens is 403 g/mol. The second-order valence-electron chi connectivity index (χ2n) is 5.91. The van der Waals surface area contributed by atoms with E-state index in [-0.39, 0.29) is 24.8 Å². The molecule has 10 heteroatoms. The lowest BCUT2D eigenvalue weighted by Crippen LogP contribution is -2.29. The summed E-state index contributed by atoms with van der Waals surface area (Å²) in [7, 11) is 0. The van der Waals surface area contributed by atoms with Gasteiger partial charge in [0.1, 0.15) is 5.82 Å². The molecule has 0 saturated carbocycles. The van der Waals surface area contributed by atoms with Crippen molar-refractivity contribution in [3.05, 3.63) is 66.1 Å². The standard InChI is InChI=1S/C19H18F3N5OS/c1-29-18-26-10-11-27(18)14-5-2-4-13(12-14)17(28)25-9-8-24-16-15(19(20,21)22)6-3-7-23-16/h2-7,10-12H,8-9H2,1H3,(H,23,24)(H,25,28). The number of amides is 1. The average molecular weight is 421 g/mol. The van der Waals surface area contributed by atoms with Crippen LogP contribution in [0, 0.1) is 0 Å². The molecule has 0 radical (unpaired) electrons. The Labute approximate surface area is 169 Å². The fraction of sp³-hybridized carbons (Fsp3) is 0.211. The molecule has 0 unspecified atom stereocenters. The maximum Gasteiger partial charge on any atom is 0.419 e. The van der Waals surface area contributed by atoms with Crippen molar-refractivity contribution >= 4 is 23.5 Å². The summed E-state index contributed by atoms with van der Waals surface area (Å²) < 4.78 is 40.7. The van der Waals surface area contributed by atoms with Crippen LogP contribution in [0.2, 0.25) is 0 Å². The summed E-state index contributed by atoms with van der Waals surface area (Å²) in [5.41, 5.74) is 0.391. The number of pyridine rings is 1. The molecule has 3 rings (SSSR count). The van der Waals surface area contributed by atoms with Gasteiger partial charge in [0, 0.05) is 42.9 Å². The molecule has 0 saturated heterocycles. The van der Waals surface area contributed by atoms with Gasteiger partial charge in [-0.15, -0.1) is 0 Å². The van der Waals surface area contributed by atoms with Gasteiger partial charge < -0.3 is 10.6 Å². The molecule has 1 amide bonds. The van der Waals surface area contributed by atoms with E-state index in [9.17, 15) is 18.0 Å². The number of benzene rings is 1. The largest absolute Gasteiger partial charge is 0.419 e. The van der Waals surface area contributed by atoms with E-state index in [0.29, 0.717) is 5.56 Å². The van der Waals surface area contributed by atoms with E-state index in [1.54, 1.807) is 30.6 Å². The zero-order chi connectivity index (χ0) is 20.9. The Hall–Kier alpha value is -3.01. The minimum absolute atomic E-state index is 0.101. The van der Waals surface area contributed by atoms with Crippen molar-refractivity contribution in [2.24, 2.45) is 0 Å². The Morgan fingerprint density at radius 3 is 2.72 bits per heavy atom. The molecule has 0 aliphatic rings. The van der Waals surface area contributed by atoms with Crippen molar-refractivity contribution in [1.29, 1.82) is 0 Å². The highest BCUT2D eigenvalue weighted by atomic mass is 32.2. The lowest BCUT2D eigenvalue weighted by atomic mass is 10.2. The van der Waals surface area contributed by atoms with Gasteiger partial charge in [-0.05, 0) is 36.6 Å². The van der Waals surface area contributed by atoms with Gasteiger partial charge in [-0.1, -0.05) is 17.8 Å². The summed E-state index contributed by atoms with van der Waals surface area (Å²) in [6.45, 7) is 0.238. The second kappa shape index (κ2) is 8.99. The van der Waals surface area contributed by atoms with Gasteiger partial charge in [-0.25, -0.2) is 9.97 Å². The second-order valence-corrected chi connectivity index (χ2v) is 6.69. The van der Waals surface area contributed by atoms with E-state index in [4.69, 9.17) is 0 Å². The third-order valence-corrected chi connectivity index (χ3v) is 4.66. The van der Waals surface area contributed by atoms with Crippen molar-refractivity contribution in [1.82, 2.24) is 19.9 Å². The van der Waals surface area contributed by atoms with Crippen molar-refractivity contribution in [2.75, 3.05) is 24.7 Å². The predicted octanol–water partition coefficient (Wildman–Crippen LogP) is 3.85. The molecule has 0 aliphatic carbocycles. The SMILES string of the molecule is CSc1nccn1-c1cccc(C(=O)NCCNc2ncccc2C(F)(F)F)c1. The van der Waals surface area contributed by atoms with Crippen LogP contribution < -0.4 is 10.6 Å². The zero-order valence-electron chi connectivity index (χ0n) is 15.4. The number of anilines is 1. The number of imidazole rings is 1. The highest BCUT2D eigenvalue weighted by Gasteiger charge is 2.33. The quantitative estimate of drug-likeness (QED) is 0.448. The molecule has 2 aromatic heterocycles. The highest BCUT2D eigenvalue weighted by Crippen LogP contribution is 2.33. The van der Waals surface area contributed by atoms with E-state index in [1.165, 1.54) is 24.0 Å². The fourth-order valence-electron chi connectivity index (χ4n) is 2.67. The number of hydrogen-bond acceptors (Lipinski definition) is 5. The Morgan fingerprint density at radius 1 is 1.14 bits per heavy atom. The van der Waals surface area contributed by atoms with Crippen molar-refractivity contribution in [3.63, 3.8) is 0 Å². The van der Waals surface area contributed by atoms with Gasteiger partial charge in [0.05, 0.1) is 5.56 Å². The van der Waals surface area contributed by atoms with Crippen molar-refractivity contribution in [3.8, 4) is 5.69 Å². The Morgan fingerprint density at radius 2 is 1.97 bits per heavy atom. The monoisotopic (exact) mass is 421 g/mol. The maximum absolute atomic E-state index is 13.0. The van der Waals surface area contributed by atoms with Crippen LogP contribution in [0.25, 0.3) is 5.69 Å². The molecule has 1 aromatic carbocycles. The lowest BCUT2D eigenvalue weighted by Gasteiger charge is -2.13. The summed E-state index contributed by atoms with van der Waals surface area (Å²) in [5, 5.41) is 6.10. The molecule has 2 heterocycles. The smallest absolute Gasteiger partial charge is 0.368 e. The van der Waals surface area contributed by atoms with Crippen LogP contribution in [-0.2, 0) is 6.18 Å². The molecule has 29 heavy (non-hydrogen) atoms. The van der Waals surface area contributed by atoms with E-state index in [0.717, 1.165) is 16.9 Å². The summed E-state index contributed by atoms with van der Waals surface area (Å²) in [4.78, 5) is 20.3. The van der Waals surface area contributed by atoms with Crippen LogP contribution in [0.4, 0.5) is 19.0 Å². The van der Waals surface area contributed by atoms with Gasteiger partial charge >= 0.3 is 6.18 Å². The molecule has 6 nitrogen and oxygen atoms in total. The Bertz CT molecular complexity index is 990. The predicted molar refractivity (Wildman–Crippen MR) is 105 cm³/mol. The lowest BCUT2D eigenvalue weighted by molar-refractivity contribution is -0.137. The third-order valence-electron chi connectivity index (χ3n) is 3.99. The van der Waals surface area contributed by atoms with E-state index >= 15 is 0 Å². The molecule has 0 fully saturated rings. The van der Waals surface area contributed by atoms with Crippen LogP contribution in [0.15, 0.2) is 60.1 Å². The number of carbonyl (C=O) groups is 1. The first-order valence-electron chi connectivity index (χ1n) is 8.62. The van der Waals surface area contributed by atoms with Crippen LogP contribution in [-0.4, -0.2) is 39.8 Å². The molecule has 3 aromatic rings. The first kappa shape index (κ1) is 20.7. The van der Waals surface area contributed by atoms with E-state index in [1.807, 2.05) is 16.9 Å². The van der Waals surface area contributed by atoms with Crippen LogP contribution in [0.3, 0.4) is 0 Å². The topological polar surface area (TPSA) is 71.8 Å². The Kier molecular flexibility index (Phi) is 6.42. The average Bonchev–Trinajstić information content (AvgIpc) is 3.19. The van der Waals surface area contributed by atoms with Gasteiger partial charge in [-0.3, -0.25) is 9.36 Å². The summed E-state index contributed by atoms with van der Waals surface area (Å²) in [5.74, 6) is -0.586. The number of carbonyl (C=O) groups excluding carboxylic acids is 1. The Balaban J connectivity index is 1.59. The van der Waals surface area contributed by atoms with E-state index < -0.39 is 11.7 Å². The number of halogens is 3. The normalized spacial score (nSPS) is 11.3. The van der Waals surface area contributed by atoms with Gasteiger partial charge in [0.2, 0.25) is 0 Å². The van der Waals surface area contributed by atoms with Crippen LogP contribution in [0.1, 0.15) is 15.9 Å². The molecule has 0 spiro atoms. The summed E-state index contributed by atoms with van der Waals surface area (Å²) >= 11 is 1.49. The molecule has 152 valence electrons. The number of aromatic nitrogens is 3. The fourth-order valence-corrected chi connectivity index (χ4v) is 3.20. The first-order valence-corrected chi connectivity index (χ1v) is 9.84. The molecule has 0 bridgehead atoms. The number of nitrogens with zero attached hydrogens (tertiary/aromatic N) is 3. The van der Waals surface area contributed by atoms with Crippen LogP contribution in [0.5, 0.6) is 0 Å². The first-order chi connectivity index (χ1) is 13.9. The number of nitrogens with one attached hydrogen (secondary N) is 2. The van der Waals surface area contributed by atoms with Crippen molar-refractivity contribution < 1.29 is 18.0 Å². The molecular formula is C19H18F3N5OS. The summed E-state index contributed by atoms with van der Waals surface area (Å²) in [6, 6.07) is 9.20.